The first-order valence-electron chi connectivity index (χ1n) is 9.31. The number of amides is 2. The van der Waals surface area contributed by atoms with Crippen LogP contribution in [0.3, 0.4) is 0 Å². The molecular weight excluding hydrogens is 404 g/mol. The standard InChI is InChI=1S/C21H23ClN6O2/c1-30-18-5-3-2-4-15(18)11-24-9-8-14-6-7-16(10-17(14)22)27-21(29)28-20-13-25-19(23)12-26-20/h2-7,10,12-13,24H,8-9,11H2,1H3,(H2,23,25)(H2,26,27,28,29). The summed E-state index contributed by atoms with van der Waals surface area (Å²) in [6.07, 6.45) is 3.49. The van der Waals surface area contributed by atoms with Crippen LogP contribution in [-0.4, -0.2) is 29.7 Å². The maximum absolute atomic E-state index is 12.1. The van der Waals surface area contributed by atoms with Gasteiger partial charge in [0.05, 0.1) is 19.5 Å². The van der Waals surface area contributed by atoms with Gasteiger partial charge in [-0.15, -0.1) is 0 Å². The van der Waals surface area contributed by atoms with Crippen molar-refractivity contribution in [3.05, 3.63) is 71.0 Å². The zero-order valence-corrected chi connectivity index (χ0v) is 17.2. The lowest BCUT2D eigenvalue weighted by Crippen LogP contribution is -2.20. The van der Waals surface area contributed by atoms with Crippen LogP contribution >= 0.6 is 11.6 Å². The van der Waals surface area contributed by atoms with E-state index in [1.807, 2.05) is 30.3 Å². The maximum atomic E-state index is 12.1. The minimum absolute atomic E-state index is 0.278. The number of halogens is 1. The Labute approximate surface area is 179 Å². The van der Waals surface area contributed by atoms with Gasteiger partial charge < -0.3 is 21.1 Å². The number of nitrogens with zero attached hydrogens (tertiary/aromatic N) is 2. The number of nitrogen functional groups attached to an aromatic ring is 1. The van der Waals surface area contributed by atoms with Crippen molar-refractivity contribution in [2.75, 3.05) is 30.0 Å². The van der Waals surface area contributed by atoms with Gasteiger partial charge in [-0.05, 0) is 36.7 Å². The molecule has 0 fully saturated rings. The topological polar surface area (TPSA) is 114 Å². The SMILES string of the molecule is COc1ccccc1CNCCc1ccc(NC(=O)Nc2cnc(N)cn2)cc1Cl. The molecule has 2 amide bonds. The summed E-state index contributed by atoms with van der Waals surface area (Å²) < 4.78 is 5.35. The normalized spacial score (nSPS) is 10.5. The molecule has 5 N–H and O–H groups in total. The van der Waals surface area contributed by atoms with Gasteiger partial charge in [-0.2, -0.15) is 0 Å². The van der Waals surface area contributed by atoms with Gasteiger partial charge in [-0.3, -0.25) is 5.32 Å². The van der Waals surface area contributed by atoms with E-state index in [0.29, 0.717) is 23.1 Å². The zero-order chi connectivity index (χ0) is 21.3. The predicted octanol–water partition coefficient (Wildman–Crippen LogP) is 3.70. The highest BCUT2D eigenvalue weighted by Gasteiger charge is 2.07. The van der Waals surface area contributed by atoms with Crippen LogP contribution in [0, 0.1) is 0 Å². The third-order valence-electron chi connectivity index (χ3n) is 4.30. The number of anilines is 3. The molecular formula is C21H23ClN6O2. The molecule has 0 aliphatic heterocycles. The minimum atomic E-state index is -0.448. The van der Waals surface area contributed by atoms with E-state index in [1.165, 1.54) is 12.4 Å². The highest BCUT2D eigenvalue weighted by molar-refractivity contribution is 6.31. The Balaban J connectivity index is 1.48. The Morgan fingerprint density at radius 2 is 1.93 bits per heavy atom. The number of rotatable bonds is 8. The lowest BCUT2D eigenvalue weighted by Gasteiger charge is -2.11. The summed E-state index contributed by atoms with van der Waals surface area (Å²) in [6.45, 7) is 1.45. The first-order chi connectivity index (χ1) is 14.5. The number of nitrogens with two attached hydrogens (primary N) is 1. The van der Waals surface area contributed by atoms with Gasteiger partial charge in [-0.1, -0.05) is 35.9 Å². The molecule has 1 heterocycles. The lowest BCUT2D eigenvalue weighted by molar-refractivity contribution is 0.262. The smallest absolute Gasteiger partial charge is 0.324 e. The molecule has 8 nitrogen and oxygen atoms in total. The lowest BCUT2D eigenvalue weighted by atomic mass is 10.1. The summed E-state index contributed by atoms with van der Waals surface area (Å²) in [6, 6.07) is 12.9. The van der Waals surface area contributed by atoms with Crippen molar-refractivity contribution in [1.29, 1.82) is 0 Å². The molecule has 0 aliphatic carbocycles. The van der Waals surface area contributed by atoms with E-state index in [1.54, 1.807) is 19.2 Å². The molecule has 0 unspecified atom stereocenters. The van der Waals surface area contributed by atoms with Crippen LogP contribution in [0.15, 0.2) is 54.9 Å². The third kappa shape index (κ3) is 6.07. The summed E-state index contributed by atoms with van der Waals surface area (Å²) in [7, 11) is 1.66. The fourth-order valence-corrected chi connectivity index (χ4v) is 3.08. The first kappa shape index (κ1) is 21.4. The second-order valence-electron chi connectivity index (χ2n) is 6.45. The van der Waals surface area contributed by atoms with Gasteiger partial charge in [0.1, 0.15) is 11.6 Å². The Hall–Kier alpha value is -3.36. The quantitative estimate of drug-likeness (QED) is 0.408. The number of urea groups is 1. The number of aromatic nitrogens is 2. The summed E-state index contributed by atoms with van der Waals surface area (Å²) in [4.78, 5) is 19.9. The molecule has 9 heteroatoms. The number of para-hydroxylation sites is 1. The molecule has 0 atom stereocenters. The maximum Gasteiger partial charge on any atom is 0.324 e. The molecule has 0 spiro atoms. The highest BCUT2D eigenvalue weighted by Crippen LogP contribution is 2.22. The van der Waals surface area contributed by atoms with E-state index in [0.717, 1.165) is 29.8 Å². The Morgan fingerprint density at radius 3 is 2.67 bits per heavy atom. The number of nitrogens with one attached hydrogen (secondary N) is 3. The van der Waals surface area contributed by atoms with Crippen LogP contribution in [-0.2, 0) is 13.0 Å². The van der Waals surface area contributed by atoms with Crippen LogP contribution in [0.25, 0.3) is 0 Å². The molecule has 30 heavy (non-hydrogen) atoms. The fraction of sp³-hybridized carbons (Fsp3) is 0.190. The number of hydrogen-bond donors (Lipinski definition) is 4. The Bertz CT molecular complexity index is 997. The van der Waals surface area contributed by atoms with Crippen molar-refractivity contribution < 1.29 is 9.53 Å². The number of hydrogen-bond acceptors (Lipinski definition) is 6. The monoisotopic (exact) mass is 426 g/mol. The molecule has 1 aromatic heterocycles. The summed E-state index contributed by atoms with van der Waals surface area (Å²) in [5, 5.41) is 9.26. The molecule has 3 rings (SSSR count). The third-order valence-corrected chi connectivity index (χ3v) is 4.66. The molecule has 3 aromatic rings. The van der Waals surface area contributed by atoms with Crippen molar-refractivity contribution in [3.8, 4) is 5.75 Å². The average molecular weight is 427 g/mol. The van der Waals surface area contributed by atoms with Crippen molar-refractivity contribution in [2.45, 2.75) is 13.0 Å². The fourth-order valence-electron chi connectivity index (χ4n) is 2.80. The van der Waals surface area contributed by atoms with E-state index in [-0.39, 0.29) is 5.82 Å². The molecule has 0 bridgehead atoms. The largest absolute Gasteiger partial charge is 0.496 e. The van der Waals surface area contributed by atoms with Crippen LogP contribution in [0.5, 0.6) is 5.75 Å². The number of benzene rings is 2. The molecule has 156 valence electrons. The van der Waals surface area contributed by atoms with Crippen molar-refractivity contribution in [3.63, 3.8) is 0 Å². The van der Waals surface area contributed by atoms with Crippen LogP contribution in [0.1, 0.15) is 11.1 Å². The summed E-state index contributed by atoms with van der Waals surface area (Å²) >= 11 is 6.38. The highest BCUT2D eigenvalue weighted by atomic mass is 35.5. The Morgan fingerprint density at radius 1 is 1.10 bits per heavy atom. The van der Waals surface area contributed by atoms with Gasteiger partial charge >= 0.3 is 6.03 Å². The van der Waals surface area contributed by atoms with Crippen molar-refractivity contribution >= 4 is 35.0 Å². The van der Waals surface area contributed by atoms with Gasteiger partial charge in [0, 0.05) is 22.8 Å². The predicted molar refractivity (Wildman–Crippen MR) is 119 cm³/mol. The van der Waals surface area contributed by atoms with Gasteiger partial charge in [0.15, 0.2) is 5.82 Å². The minimum Gasteiger partial charge on any atom is -0.496 e. The van der Waals surface area contributed by atoms with E-state index >= 15 is 0 Å². The number of ether oxygens (including phenoxy) is 1. The van der Waals surface area contributed by atoms with Gasteiger partial charge in [0.25, 0.3) is 0 Å². The molecule has 0 radical (unpaired) electrons. The molecule has 0 saturated carbocycles. The van der Waals surface area contributed by atoms with Crippen LogP contribution in [0.2, 0.25) is 5.02 Å². The van der Waals surface area contributed by atoms with Gasteiger partial charge in [0.2, 0.25) is 0 Å². The average Bonchev–Trinajstić information content (AvgIpc) is 2.74. The summed E-state index contributed by atoms with van der Waals surface area (Å²) in [5.41, 5.74) is 8.13. The number of methoxy groups -OCH3 is 1. The van der Waals surface area contributed by atoms with Crippen molar-refractivity contribution in [1.82, 2.24) is 15.3 Å². The molecule has 2 aromatic carbocycles. The van der Waals surface area contributed by atoms with Gasteiger partial charge in [-0.25, -0.2) is 14.8 Å². The second kappa shape index (κ2) is 10.4. The Kier molecular flexibility index (Phi) is 7.42. The first-order valence-corrected chi connectivity index (χ1v) is 9.69. The van der Waals surface area contributed by atoms with E-state index < -0.39 is 6.03 Å². The van der Waals surface area contributed by atoms with Crippen LogP contribution < -0.4 is 26.4 Å². The van der Waals surface area contributed by atoms with Crippen molar-refractivity contribution in [2.24, 2.45) is 0 Å². The number of carbonyl (C=O) groups excluding carboxylic acids is 1. The van der Waals surface area contributed by atoms with Crippen LogP contribution in [0.4, 0.5) is 22.1 Å². The number of carbonyl (C=O) groups is 1. The van der Waals surface area contributed by atoms with E-state index in [9.17, 15) is 4.79 Å². The summed E-state index contributed by atoms with van der Waals surface area (Å²) in [5.74, 6) is 1.44. The van der Waals surface area contributed by atoms with E-state index in [2.05, 4.69) is 25.9 Å². The molecule has 0 aliphatic rings. The molecule has 0 saturated heterocycles. The van der Waals surface area contributed by atoms with E-state index in [4.69, 9.17) is 22.1 Å². The second-order valence-corrected chi connectivity index (χ2v) is 6.86. The zero-order valence-electron chi connectivity index (χ0n) is 16.5.